The summed E-state index contributed by atoms with van der Waals surface area (Å²) in [5.41, 5.74) is -0.367. The molecule has 0 spiro atoms. The molecule has 1 aliphatic heterocycles. The summed E-state index contributed by atoms with van der Waals surface area (Å²) in [5, 5.41) is 3.39. The molecule has 16 heavy (non-hydrogen) atoms. The number of nitrogens with zero attached hydrogens (tertiary/aromatic N) is 1. The van der Waals surface area contributed by atoms with E-state index in [4.69, 9.17) is 4.74 Å². The minimum Gasteiger partial charge on any atom is -0.378 e. The quantitative estimate of drug-likeness (QED) is 0.763. The first-order valence-electron chi connectivity index (χ1n) is 5.97. The molecule has 0 saturated carbocycles. The van der Waals surface area contributed by atoms with Crippen molar-refractivity contribution >= 4 is 5.91 Å². The molecular formula is C12H24N2O2. The predicted octanol–water partition coefficient (Wildman–Crippen LogP) is 1.01. The van der Waals surface area contributed by atoms with Gasteiger partial charge in [-0.3, -0.25) is 4.79 Å². The zero-order valence-corrected chi connectivity index (χ0v) is 10.9. The number of carbonyl (C=O) groups is 1. The Labute approximate surface area is 98.3 Å². The second kappa shape index (κ2) is 5.64. The van der Waals surface area contributed by atoms with Crippen LogP contribution >= 0.6 is 0 Å². The lowest BCUT2D eigenvalue weighted by Crippen LogP contribution is -2.41. The number of likely N-dealkylation sites (N-methyl/N-ethyl adjacent to an activating group) is 1. The smallest absolute Gasteiger partial charge is 0.225 e. The van der Waals surface area contributed by atoms with E-state index in [1.807, 2.05) is 25.8 Å². The number of hydrogen-bond acceptors (Lipinski definition) is 3. The van der Waals surface area contributed by atoms with Crippen LogP contribution in [0.2, 0.25) is 0 Å². The average molecular weight is 228 g/mol. The van der Waals surface area contributed by atoms with Gasteiger partial charge in [0.05, 0.1) is 12.0 Å². The van der Waals surface area contributed by atoms with Crippen LogP contribution < -0.4 is 5.32 Å². The molecule has 94 valence electrons. The molecule has 0 aromatic rings. The van der Waals surface area contributed by atoms with Gasteiger partial charge in [0, 0.05) is 26.7 Å². The number of hydrogen-bond donors (Lipinski definition) is 1. The molecule has 0 radical (unpaired) electrons. The van der Waals surface area contributed by atoms with Crippen LogP contribution in [0.4, 0.5) is 0 Å². The Bertz CT molecular complexity index is 235. The van der Waals surface area contributed by atoms with Crippen LogP contribution in [0.1, 0.15) is 33.1 Å². The van der Waals surface area contributed by atoms with Gasteiger partial charge in [0.2, 0.25) is 5.91 Å². The molecule has 0 aromatic heterocycles. The molecular weight excluding hydrogens is 204 g/mol. The van der Waals surface area contributed by atoms with Crippen LogP contribution in [0.15, 0.2) is 0 Å². The third-order valence-electron chi connectivity index (χ3n) is 3.21. The lowest BCUT2D eigenvalue weighted by molar-refractivity contribution is -0.135. The molecule has 1 fully saturated rings. The molecule has 1 heterocycles. The Kier molecular flexibility index (Phi) is 4.74. The van der Waals surface area contributed by atoms with Crippen molar-refractivity contribution in [2.45, 2.75) is 44.8 Å². The first-order chi connectivity index (χ1) is 7.44. The molecule has 0 aliphatic carbocycles. The second-order valence-corrected chi connectivity index (χ2v) is 5.21. The zero-order valence-electron chi connectivity index (χ0n) is 10.9. The Hall–Kier alpha value is -0.610. The van der Waals surface area contributed by atoms with Gasteiger partial charge >= 0.3 is 0 Å². The van der Waals surface area contributed by atoms with E-state index in [0.717, 1.165) is 13.1 Å². The van der Waals surface area contributed by atoms with Crippen LogP contribution in [-0.2, 0) is 9.53 Å². The van der Waals surface area contributed by atoms with Gasteiger partial charge in [0.1, 0.15) is 0 Å². The molecule has 1 N–H and O–H groups in total. The lowest BCUT2D eigenvalue weighted by atomic mass is 10.0. The summed E-state index contributed by atoms with van der Waals surface area (Å²) in [6, 6.07) is 0.472. The Morgan fingerprint density at radius 3 is 2.75 bits per heavy atom. The van der Waals surface area contributed by atoms with Crippen LogP contribution in [0, 0.1) is 0 Å². The number of methoxy groups -OCH3 is 1. The first-order valence-corrected chi connectivity index (χ1v) is 5.97. The minimum atomic E-state index is -0.367. The topological polar surface area (TPSA) is 41.6 Å². The molecule has 1 aliphatic rings. The zero-order chi connectivity index (χ0) is 12.2. The highest BCUT2D eigenvalue weighted by Crippen LogP contribution is 2.15. The van der Waals surface area contributed by atoms with Crippen LogP contribution in [0.25, 0.3) is 0 Å². The molecule has 4 nitrogen and oxygen atoms in total. The number of ether oxygens (including phenoxy) is 1. The van der Waals surface area contributed by atoms with Gasteiger partial charge in [-0.2, -0.15) is 0 Å². The van der Waals surface area contributed by atoms with Gasteiger partial charge < -0.3 is 15.0 Å². The van der Waals surface area contributed by atoms with Crippen molar-refractivity contribution in [2.24, 2.45) is 0 Å². The maximum atomic E-state index is 11.9. The summed E-state index contributed by atoms with van der Waals surface area (Å²) in [7, 11) is 3.51. The van der Waals surface area contributed by atoms with Gasteiger partial charge in [-0.15, -0.1) is 0 Å². The fourth-order valence-corrected chi connectivity index (χ4v) is 1.92. The van der Waals surface area contributed by atoms with Crippen LogP contribution in [-0.4, -0.2) is 49.7 Å². The normalized spacial score (nSPS) is 21.1. The highest BCUT2D eigenvalue weighted by Gasteiger charge is 2.25. The Morgan fingerprint density at radius 2 is 2.25 bits per heavy atom. The fourth-order valence-electron chi connectivity index (χ4n) is 1.92. The van der Waals surface area contributed by atoms with E-state index in [9.17, 15) is 4.79 Å². The van der Waals surface area contributed by atoms with Gasteiger partial charge in [-0.1, -0.05) is 0 Å². The van der Waals surface area contributed by atoms with E-state index in [0.29, 0.717) is 12.5 Å². The van der Waals surface area contributed by atoms with Crippen molar-refractivity contribution < 1.29 is 9.53 Å². The van der Waals surface area contributed by atoms with Gasteiger partial charge in [0.25, 0.3) is 0 Å². The van der Waals surface area contributed by atoms with Crippen molar-refractivity contribution in [2.75, 3.05) is 27.2 Å². The third kappa shape index (κ3) is 4.10. The highest BCUT2D eigenvalue weighted by molar-refractivity contribution is 5.76. The van der Waals surface area contributed by atoms with E-state index in [-0.39, 0.29) is 11.5 Å². The third-order valence-corrected chi connectivity index (χ3v) is 3.21. The summed E-state index contributed by atoms with van der Waals surface area (Å²) in [4.78, 5) is 13.7. The van der Waals surface area contributed by atoms with Crippen LogP contribution in [0.3, 0.4) is 0 Å². The highest BCUT2D eigenvalue weighted by atomic mass is 16.5. The fraction of sp³-hybridized carbons (Fsp3) is 0.917. The molecule has 0 bridgehead atoms. The van der Waals surface area contributed by atoms with Crippen molar-refractivity contribution in [3.05, 3.63) is 0 Å². The first kappa shape index (κ1) is 13.5. The Balaban J connectivity index is 2.35. The minimum absolute atomic E-state index is 0.153. The average Bonchev–Trinajstić information content (AvgIpc) is 2.69. The standard InChI is InChI=1S/C12H24N2O2/c1-12(2,16-4)8-11(15)14(3)9-10-6-5-7-13-10/h10,13H,5-9H2,1-4H3. The summed E-state index contributed by atoms with van der Waals surface area (Å²) >= 11 is 0. The van der Waals surface area contributed by atoms with Crippen molar-refractivity contribution in [3.8, 4) is 0 Å². The van der Waals surface area contributed by atoms with E-state index in [1.165, 1.54) is 12.8 Å². The monoisotopic (exact) mass is 228 g/mol. The molecule has 1 atom stereocenters. The van der Waals surface area contributed by atoms with Crippen molar-refractivity contribution in [3.63, 3.8) is 0 Å². The largest absolute Gasteiger partial charge is 0.378 e. The maximum Gasteiger partial charge on any atom is 0.225 e. The molecule has 4 heteroatoms. The Morgan fingerprint density at radius 1 is 1.56 bits per heavy atom. The summed E-state index contributed by atoms with van der Waals surface area (Å²) in [6.07, 6.45) is 2.83. The van der Waals surface area contributed by atoms with Crippen molar-refractivity contribution in [1.82, 2.24) is 10.2 Å². The van der Waals surface area contributed by atoms with E-state index in [2.05, 4.69) is 5.32 Å². The van der Waals surface area contributed by atoms with E-state index in [1.54, 1.807) is 7.11 Å². The number of amides is 1. The number of carbonyl (C=O) groups excluding carboxylic acids is 1. The molecule has 1 saturated heterocycles. The summed E-state index contributed by atoms with van der Waals surface area (Å²) in [6.45, 7) is 5.76. The summed E-state index contributed by atoms with van der Waals surface area (Å²) < 4.78 is 5.27. The van der Waals surface area contributed by atoms with Gasteiger partial charge in [-0.25, -0.2) is 0 Å². The molecule has 1 unspecified atom stereocenters. The second-order valence-electron chi connectivity index (χ2n) is 5.21. The van der Waals surface area contributed by atoms with Crippen molar-refractivity contribution in [1.29, 1.82) is 0 Å². The molecule has 1 rings (SSSR count). The van der Waals surface area contributed by atoms with Gasteiger partial charge in [0.15, 0.2) is 0 Å². The predicted molar refractivity (Wildman–Crippen MR) is 64.4 cm³/mol. The van der Waals surface area contributed by atoms with Gasteiger partial charge in [-0.05, 0) is 33.2 Å². The van der Waals surface area contributed by atoms with Crippen LogP contribution in [0.5, 0.6) is 0 Å². The molecule has 1 amide bonds. The lowest BCUT2D eigenvalue weighted by Gasteiger charge is -2.27. The number of rotatable bonds is 5. The number of nitrogens with one attached hydrogen (secondary N) is 1. The maximum absolute atomic E-state index is 11.9. The molecule has 0 aromatic carbocycles. The SMILES string of the molecule is COC(C)(C)CC(=O)N(C)CC1CCCN1. The summed E-state index contributed by atoms with van der Waals surface area (Å²) in [5.74, 6) is 0.153. The van der Waals surface area contributed by atoms with E-state index < -0.39 is 0 Å². The van der Waals surface area contributed by atoms with E-state index >= 15 is 0 Å².